The van der Waals surface area contributed by atoms with Crippen molar-refractivity contribution in [1.82, 2.24) is 5.32 Å². The number of amides is 1. The molecule has 20 heavy (non-hydrogen) atoms. The molecule has 0 radical (unpaired) electrons. The highest BCUT2D eigenvalue weighted by molar-refractivity contribution is 5.75. The summed E-state index contributed by atoms with van der Waals surface area (Å²) in [5.41, 5.74) is 1.39. The van der Waals surface area contributed by atoms with Gasteiger partial charge in [-0.25, -0.2) is 0 Å². The van der Waals surface area contributed by atoms with E-state index in [0.29, 0.717) is 24.4 Å². The Kier molecular flexibility index (Phi) is 4.27. The minimum Gasteiger partial charge on any atom is -0.508 e. The van der Waals surface area contributed by atoms with Crippen molar-refractivity contribution in [2.75, 3.05) is 6.54 Å². The van der Waals surface area contributed by atoms with Crippen molar-refractivity contribution < 1.29 is 19.8 Å². The lowest BCUT2D eigenvalue weighted by Gasteiger charge is -2.10. The molecule has 0 saturated heterocycles. The summed E-state index contributed by atoms with van der Waals surface area (Å²) in [5.74, 6) is -0.330. The number of aromatic hydroxyl groups is 1. The highest BCUT2D eigenvalue weighted by Gasteiger charge is 2.40. The third-order valence-corrected chi connectivity index (χ3v) is 3.72. The smallest absolute Gasteiger partial charge is 0.307 e. The SMILES string of the molecule is CCC(=O)NC[C@H]1C[C@@H]1c1cccc(O)c1CC(=O)O. The van der Waals surface area contributed by atoms with E-state index in [1.807, 2.05) is 6.07 Å². The number of carboxylic acids is 1. The van der Waals surface area contributed by atoms with E-state index in [1.54, 1.807) is 13.0 Å². The minimum atomic E-state index is -0.954. The van der Waals surface area contributed by atoms with E-state index in [0.717, 1.165) is 12.0 Å². The average molecular weight is 277 g/mol. The van der Waals surface area contributed by atoms with Gasteiger partial charge < -0.3 is 15.5 Å². The molecule has 1 aromatic carbocycles. The van der Waals surface area contributed by atoms with Gasteiger partial charge in [-0.3, -0.25) is 9.59 Å². The van der Waals surface area contributed by atoms with Gasteiger partial charge in [-0.05, 0) is 29.9 Å². The lowest BCUT2D eigenvalue weighted by molar-refractivity contribution is -0.136. The lowest BCUT2D eigenvalue weighted by atomic mass is 9.98. The molecule has 0 aromatic heterocycles. The number of phenols is 1. The highest BCUT2D eigenvalue weighted by Crippen LogP contribution is 2.49. The Morgan fingerprint density at radius 3 is 2.80 bits per heavy atom. The maximum atomic E-state index is 11.2. The van der Waals surface area contributed by atoms with E-state index >= 15 is 0 Å². The van der Waals surface area contributed by atoms with Gasteiger partial charge in [0, 0.05) is 18.5 Å². The van der Waals surface area contributed by atoms with E-state index < -0.39 is 5.97 Å². The number of hydrogen-bond acceptors (Lipinski definition) is 3. The molecule has 3 N–H and O–H groups in total. The first-order valence-corrected chi connectivity index (χ1v) is 6.82. The first-order chi connectivity index (χ1) is 9.52. The van der Waals surface area contributed by atoms with Crippen molar-refractivity contribution in [1.29, 1.82) is 0 Å². The summed E-state index contributed by atoms with van der Waals surface area (Å²) in [5, 5.41) is 21.6. The Morgan fingerprint density at radius 1 is 1.40 bits per heavy atom. The van der Waals surface area contributed by atoms with Crippen LogP contribution in [0.4, 0.5) is 0 Å². The predicted octanol–water partition coefficient (Wildman–Crippen LogP) is 1.65. The van der Waals surface area contributed by atoms with Gasteiger partial charge in [0.25, 0.3) is 0 Å². The van der Waals surface area contributed by atoms with Crippen LogP contribution in [0.15, 0.2) is 18.2 Å². The molecule has 1 aliphatic rings. The zero-order chi connectivity index (χ0) is 14.7. The highest BCUT2D eigenvalue weighted by atomic mass is 16.4. The summed E-state index contributed by atoms with van der Waals surface area (Å²) in [4.78, 5) is 22.1. The van der Waals surface area contributed by atoms with Gasteiger partial charge >= 0.3 is 5.97 Å². The van der Waals surface area contributed by atoms with Crippen LogP contribution in [0.5, 0.6) is 5.75 Å². The fourth-order valence-electron chi connectivity index (χ4n) is 2.51. The van der Waals surface area contributed by atoms with Crippen LogP contribution in [0.3, 0.4) is 0 Å². The number of aliphatic carboxylic acids is 1. The second-order valence-electron chi connectivity index (χ2n) is 5.18. The summed E-state index contributed by atoms with van der Waals surface area (Å²) < 4.78 is 0. The number of benzene rings is 1. The van der Waals surface area contributed by atoms with E-state index in [-0.39, 0.29) is 24.0 Å². The van der Waals surface area contributed by atoms with Gasteiger partial charge in [-0.15, -0.1) is 0 Å². The standard InChI is InChI=1S/C15H19NO4/c1-2-14(18)16-8-9-6-11(9)10-4-3-5-13(17)12(10)7-15(19)20/h3-5,9,11,17H,2,6-8H2,1H3,(H,16,18)(H,19,20)/t9-,11+/m1/s1. The van der Waals surface area contributed by atoms with Crippen LogP contribution in [0.2, 0.25) is 0 Å². The number of phenolic OH excluding ortho intramolecular Hbond substituents is 1. The Labute approximate surface area is 117 Å². The fourth-order valence-corrected chi connectivity index (χ4v) is 2.51. The summed E-state index contributed by atoms with van der Waals surface area (Å²) in [7, 11) is 0. The fraction of sp³-hybridized carbons (Fsp3) is 0.467. The number of nitrogens with one attached hydrogen (secondary N) is 1. The molecule has 1 saturated carbocycles. The third-order valence-electron chi connectivity index (χ3n) is 3.72. The molecule has 0 bridgehead atoms. The van der Waals surface area contributed by atoms with Gasteiger partial charge in [-0.2, -0.15) is 0 Å². The summed E-state index contributed by atoms with van der Waals surface area (Å²) in [6.45, 7) is 2.42. The quantitative estimate of drug-likeness (QED) is 0.738. The largest absolute Gasteiger partial charge is 0.508 e. The molecule has 0 heterocycles. The zero-order valence-corrected chi connectivity index (χ0v) is 11.4. The number of carbonyl (C=O) groups excluding carboxylic acids is 1. The molecule has 1 aromatic rings. The second-order valence-corrected chi connectivity index (χ2v) is 5.18. The number of hydrogen-bond donors (Lipinski definition) is 3. The van der Waals surface area contributed by atoms with Crippen molar-refractivity contribution in [3.8, 4) is 5.75 Å². The Bertz CT molecular complexity index is 527. The first-order valence-electron chi connectivity index (χ1n) is 6.82. The van der Waals surface area contributed by atoms with E-state index in [2.05, 4.69) is 5.32 Å². The van der Waals surface area contributed by atoms with Crippen molar-refractivity contribution in [2.45, 2.75) is 32.1 Å². The minimum absolute atomic E-state index is 0.0253. The van der Waals surface area contributed by atoms with E-state index in [4.69, 9.17) is 5.11 Å². The van der Waals surface area contributed by atoms with Crippen LogP contribution in [-0.2, 0) is 16.0 Å². The van der Waals surface area contributed by atoms with Gasteiger partial charge in [-0.1, -0.05) is 19.1 Å². The maximum Gasteiger partial charge on any atom is 0.307 e. The zero-order valence-electron chi connectivity index (χ0n) is 11.4. The molecule has 0 aliphatic heterocycles. The van der Waals surface area contributed by atoms with Crippen LogP contribution in [0, 0.1) is 5.92 Å². The topological polar surface area (TPSA) is 86.6 Å². The molecule has 2 rings (SSSR count). The Morgan fingerprint density at radius 2 is 2.15 bits per heavy atom. The van der Waals surface area contributed by atoms with Crippen LogP contribution < -0.4 is 5.32 Å². The number of carboxylic acid groups (broad SMARTS) is 1. The van der Waals surface area contributed by atoms with Crippen LogP contribution in [0.1, 0.15) is 36.8 Å². The molecule has 1 fully saturated rings. The van der Waals surface area contributed by atoms with Crippen LogP contribution in [0.25, 0.3) is 0 Å². The van der Waals surface area contributed by atoms with Crippen molar-refractivity contribution in [3.05, 3.63) is 29.3 Å². The first kappa shape index (κ1) is 14.4. The van der Waals surface area contributed by atoms with Gasteiger partial charge in [0.05, 0.1) is 6.42 Å². The number of carbonyl (C=O) groups is 2. The molecule has 5 nitrogen and oxygen atoms in total. The molecule has 1 aliphatic carbocycles. The maximum absolute atomic E-state index is 11.2. The number of rotatable bonds is 6. The molecule has 108 valence electrons. The third kappa shape index (κ3) is 3.29. The summed E-state index contributed by atoms with van der Waals surface area (Å²) in [6.07, 6.45) is 1.21. The van der Waals surface area contributed by atoms with Crippen LogP contribution in [-0.4, -0.2) is 28.6 Å². The van der Waals surface area contributed by atoms with E-state index in [1.165, 1.54) is 6.07 Å². The molecule has 0 spiro atoms. The molecule has 2 atom stereocenters. The Hall–Kier alpha value is -2.04. The molecule has 1 amide bonds. The second kappa shape index (κ2) is 5.94. The summed E-state index contributed by atoms with van der Waals surface area (Å²) >= 11 is 0. The molecule has 0 unspecified atom stereocenters. The van der Waals surface area contributed by atoms with Crippen molar-refractivity contribution in [2.24, 2.45) is 5.92 Å². The van der Waals surface area contributed by atoms with Crippen molar-refractivity contribution >= 4 is 11.9 Å². The van der Waals surface area contributed by atoms with Gasteiger partial charge in [0.15, 0.2) is 0 Å². The lowest BCUT2D eigenvalue weighted by Crippen LogP contribution is -2.24. The van der Waals surface area contributed by atoms with Gasteiger partial charge in [0.2, 0.25) is 5.91 Å². The Balaban J connectivity index is 2.05. The average Bonchev–Trinajstić information content (AvgIpc) is 3.17. The van der Waals surface area contributed by atoms with Crippen LogP contribution >= 0.6 is 0 Å². The molecular weight excluding hydrogens is 258 g/mol. The summed E-state index contributed by atoms with van der Waals surface area (Å²) in [6, 6.07) is 5.11. The predicted molar refractivity (Wildman–Crippen MR) is 73.6 cm³/mol. The van der Waals surface area contributed by atoms with Crippen molar-refractivity contribution in [3.63, 3.8) is 0 Å². The van der Waals surface area contributed by atoms with Gasteiger partial charge in [0.1, 0.15) is 5.75 Å². The molecular formula is C15H19NO4. The normalized spacial score (nSPS) is 20.4. The van der Waals surface area contributed by atoms with E-state index in [9.17, 15) is 14.7 Å². The monoisotopic (exact) mass is 277 g/mol. The molecule has 5 heteroatoms.